The summed E-state index contributed by atoms with van der Waals surface area (Å²) in [7, 11) is 0. The molecule has 1 heterocycles. The van der Waals surface area contributed by atoms with Crippen molar-refractivity contribution in [1.82, 2.24) is 5.32 Å². The SMILES string of the molecule is O=C1CCC[N]c2ccccc21. The number of hydrogen-bond acceptors (Lipinski definition) is 1. The van der Waals surface area contributed by atoms with Crippen molar-refractivity contribution in [3.8, 4) is 0 Å². The van der Waals surface area contributed by atoms with Crippen LogP contribution in [0.15, 0.2) is 24.3 Å². The van der Waals surface area contributed by atoms with Crippen molar-refractivity contribution in [2.75, 3.05) is 6.54 Å². The molecule has 0 atom stereocenters. The second kappa shape index (κ2) is 2.97. The summed E-state index contributed by atoms with van der Waals surface area (Å²) in [5.41, 5.74) is 1.65. The molecule has 0 spiro atoms. The van der Waals surface area contributed by atoms with Crippen molar-refractivity contribution in [3.63, 3.8) is 0 Å². The summed E-state index contributed by atoms with van der Waals surface area (Å²) in [6.45, 7) is 0.781. The molecule has 2 rings (SSSR count). The Bertz CT molecular complexity index is 306. The fraction of sp³-hybridized carbons (Fsp3) is 0.300. The molecule has 61 valence electrons. The number of nitrogens with zero attached hydrogens (tertiary/aromatic N) is 1. The van der Waals surface area contributed by atoms with Crippen LogP contribution in [0, 0.1) is 0 Å². The lowest BCUT2D eigenvalue weighted by molar-refractivity contribution is 0.0984. The van der Waals surface area contributed by atoms with Crippen molar-refractivity contribution < 1.29 is 4.79 Å². The Morgan fingerprint density at radius 3 is 3.00 bits per heavy atom. The van der Waals surface area contributed by atoms with E-state index in [2.05, 4.69) is 5.32 Å². The number of benzene rings is 1. The van der Waals surface area contributed by atoms with Crippen LogP contribution >= 0.6 is 0 Å². The van der Waals surface area contributed by atoms with E-state index in [1.165, 1.54) is 0 Å². The molecular formula is C10H10NO. The predicted molar refractivity (Wildman–Crippen MR) is 46.7 cm³/mol. The van der Waals surface area contributed by atoms with Crippen molar-refractivity contribution in [1.29, 1.82) is 0 Å². The zero-order valence-corrected chi connectivity index (χ0v) is 6.79. The molecule has 0 fully saturated rings. The summed E-state index contributed by atoms with van der Waals surface area (Å²) < 4.78 is 0. The third kappa shape index (κ3) is 1.20. The standard InChI is InChI=1S/C10H10NO/c12-10-6-3-7-11-9-5-2-1-4-8(9)10/h1-2,4-5H,3,6-7H2. The first-order valence-corrected chi connectivity index (χ1v) is 4.17. The zero-order chi connectivity index (χ0) is 8.39. The van der Waals surface area contributed by atoms with Crippen LogP contribution in [0.4, 0.5) is 5.69 Å². The van der Waals surface area contributed by atoms with E-state index >= 15 is 0 Å². The number of Topliss-reactive ketones (excluding diaryl/α,β-unsaturated/α-hetero) is 1. The van der Waals surface area contributed by atoms with Gasteiger partial charge in [-0.15, -0.1) is 0 Å². The highest BCUT2D eigenvalue weighted by Crippen LogP contribution is 2.20. The van der Waals surface area contributed by atoms with Crippen LogP contribution in [-0.4, -0.2) is 12.3 Å². The molecule has 1 aromatic carbocycles. The molecule has 0 aromatic heterocycles. The molecule has 0 aliphatic carbocycles. The average molecular weight is 160 g/mol. The van der Waals surface area contributed by atoms with E-state index in [1.54, 1.807) is 0 Å². The number of hydrogen-bond donors (Lipinski definition) is 0. The van der Waals surface area contributed by atoms with E-state index in [9.17, 15) is 4.79 Å². The molecule has 1 radical (unpaired) electrons. The summed E-state index contributed by atoms with van der Waals surface area (Å²) >= 11 is 0. The van der Waals surface area contributed by atoms with Crippen molar-refractivity contribution in [3.05, 3.63) is 29.8 Å². The smallest absolute Gasteiger partial charge is 0.165 e. The van der Waals surface area contributed by atoms with Crippen LogP contribution in [0.25, 0.3) is 0 Å². The van der Waals surface area contributed by atoms with Gasteiger partial charge in [0, 0.05) is 18.5 Å². The van der Waals surface area contributed by atoms with Gasteiger partial charge in [0.25, 0.3) is 0 Å². The van der Waals surface area contributed by atoms with E-state index in [0.29, 0.717) is 6.42 Å². The first-order valence-electron chi connectivity index (χ1n) is 4.17. The summed E-state index contributed by atoms with van der Waals surface area (Å²) in [6.07, 6.45) is 1.52. The van der Waals surface area contributed by atoms with E-state index in [1.807, 2.05) is 24.3 Å². The van der Waals surface area contributed by atoms with Gasteiger partial charge in [0.1, 0.15) is 0 Å². The van der Waals surface area contributed by atoms with Gasteiger partial charge in [-0.05, 0) is 18.6 Å². The third-order valence-electron chi connectivity index (χ3n) is 2.05. The molecule has 0 saturated heterocycles. The maximum Gasteiger partial charge on any atom is 0.165 e. The molecule has 2 nitrogen and oxygen atoms in total. The van der Waals surface area contributed by atoms with Gasteiger partial charge in [0.15, 0.2) is 5.78 Å². The van der Waals surface area contributed by atoms with Gasteiger partial charge in [-0.2, -0.15) is 0 Å². The van der Waals surface area contributed by atoms with E-state index in [4.69, 9.17) is 0 Å². The van der Waals surface area contributed by atoms with Gasteiger partial charge < -0.3 is 0 Å². The number of carbonyl (C=O) groups is 1. The maximum atomic E-state index is 11.4. The minimum absolute atomic E-state index is 0.229. The Hall–Kier alpha value is -1.31. The average Bonchev–Trinajstić information content (AvgIpc) is 2.29. The highest BCUT2D eigenvalue weighted by atomic mass is 16.1. The summed E-state index contributed by atoms with van der Waals surface area (Å²) in [4.78, 5) is 11.4. The summed E-state index contributed by atoms with van der Waals surface area (Å²) in [5, 5.41) is 4.32. The highest BCUT2D eigenvalue weighted by molar-refractivity contribution is 6.00. The van der Waals surface area contributed by atoms with Crippen LogP contribution in [0.1, 0.15) is 23.2 Å². The van der Waals surface area contributed by atoms with Crippen LogP contribution in [0.2, 0.25) is 0 Å². The molecule has 1 aliphatic rings. The topological polar surface area (TPSA) is 31.2 Å². The molecule has 0 N–H and O–H groups in total. The van der Waals surface area contributed by atoms with Gasteiger partial charge in [-0.25, -0.2) is 0 Å². The van der Waals surface area contributed by atoms with Gasteiger partial charge in [-0.1, -0.05) is 12.1 Å². The molecule has 0 bridgehead atoms. The van der Waals surface area contributed by atoms with Crippen molar-refractivity contribution in [2.24, 2.45) is 0 Å². The first-order chi connectivity index (χ1) is 5.88. The minimum Gasteiger partial charge on any atom is -0.294 e. The Balaban J connectivity index is 2.46. The van der Waals surface area contributed by atoms with Crippen LogP contribution in [-0.2, 0) is 0 Å². The van der Waals surface area contributed by atoms with Crippen LogP contribution < -0.4 is 5.32 Å². The second-order valence-electron chi connectivity index (χ2n) is 2.93. The molecular weight excluding hydrogens is 150 g/mol. The number of carbonyl (C=O) groups excluding carboxylic acids is 1. The largest absolute Gasteiger partial charge is 0.294 e. The Morgan fingerprint density at radius 1 is 1.25 bits per heavy atom. The minimum atomic E-state index is 0.229. The zero-order valence-electron chi connectivity index (χ0n) is 6.79. The number of para-hydroxylation sites is 1. The Kier molecular flexibility index (Phi) is 1.82. The van der Waals surface area contributed by atoms with Gasteiger partial charge in [-0.3, -0.25) is 10.1 Å². The van der Waals surface area contributed by atoms with Crippen molar-refractivity contribution >= 4 is 11.5 Å². The lowest BCUT2D eigenvalue weighted by Gasteiger charge is -2.01. The fourth-order valence-electron chi connectivity index (χ4n) is 1.42. The second-order valence-corrected chi connectivity index (χ2v) is 2.93. The summed E-state index contributed by atoms with van der Waals surface area (Å²) in [5.74, 6) is 0.229. The van der Waals surface area contributed by atoms with Crippen LogP contribution in [0.3, 0.4) is 0 Å². The van der Waals surface area contributed by atoms with Gasteiger partial charge >= 0.3 is 0 Å². The molecule has 2 heteroatoms. The van der Waals surface area contributed by atoms with E-state index in [0.717, 1.165) is 24.2 Å². The molecule has 1 aromatic rings. The summed E-state index contributed by atoms with van der Waals surface area (Å²) in [6, 6.07) is 7.56. The first kappa shape index (κ1) is 7.35. The Morgan fingerprint density at radius 2 is 2.08 bits per heavy atom. The molecule has 0 unspecified atom stereocenters. The van der Waals surface area contributed by atoms with E-state index < -0.39 is 0 Å². The molecule has 12 heavy (non-hydrogen) atoms. The molecule has 0 saturated carbocycles. The Labute approximate surface area is 71.6 Å². The van der Waals surface area contributed by atoms with Crippen molar-refractivity contribution in [2.45, 2.75) is 12.8 Å². The highest BCUT2D eigenvalue weighted by Gasteiger charge is 2.14. The van der Waals surface area contributed by atoms with Gasteiger partial charge in [0.05, 0.1) is 5.69 Å². The lowest BCUT2D eigenvalue weighted by atomic mass is 10.1. The van der Waals surface area contributed by atoms with E-state index in [-0.39, 0.29) is 5.78 Å². The molecule has 0 amide bonds. The maximum absolute atomic E-state index is 11.4. The number of fused-ring (bicyclic) bond motifs is 1. The third-order valence-corrected chi connectivity index (χ3v) is 2.05. The molecule has 1 aliphatic heterocycles. The lowest BCUT2D eigenvalue weighted by Crippen LogP contribution is -1.98. The number of rotatable bonds is 0. The van der Waals surface area contributed by atoms with Gasteiger partial charge in [0.2, 0.25) is 0 Å². The van der Waals surface area contributed by atoms with Crippen LogP contribution in [0.5, 0.6) is 0 Å². The normalized spacial score (nSPS) is 16.2. The predicted octanol–water partition coefficient (Wildman–Crippen LogP) is 1.90. The fourth-order valence-corrected chi connectivity index (χ4v) is 1.42. The number of ketones is 1. The quantitative estimate of drug-likeness (QED) is 0.570. The monoisotopic (exact) mass is 160 g/mol.